The molecule has 0 saturated heterocycles. The van der Waals surface area contributed by atoms with Crippen molar-refractivity contribution in [2.45, 2.75) is 26.4 Å². The van der Waals surface area contributed by atoms with Gasteiger partial charge in [-0.1, -0.05) is 62.4 Å². The van der Waals surface area contributed by atoms with Crippen LogP contribution in [0.2, 0.25) is 0 Å². The van der Waals surface area contributed by atoms with Gasteiger partial charge in [-0.3, -0.25) is 4.79 Å². The first-order valence-electron chi connectivity index (χ1n) is 8.39. The van der Waals surface area contributed by atoms with Crippen LogP contribution in [0.25, 0.3) is 0 Å². The Kier molecular flexibility index (Phi) is 6.57. The molecule has 0 aromatic heterocycles. The van der Waals surface area contributed by atoms with Crippen molar-refractivity contribution in [1.29, 1.82) is 0 Å². The summed E-state index contributed by atoms with van der Waals surface area (Å²) in [5.74, 6) is -0.130. The van der Waals surface area contributed by atoms with E-state index < -0.39 is 6.04 Å². The normalized spacial score (nSPS) is 11.7. The smallest absolute Gasteiger partial charge is 0.319 e. The zero-order valence-corrected chi connectivity index (χ0v) is 14.9. The molecule has 0 fully saturated rings. The van der Waals surface area contributed by atoms with Gasteiger partial charge in [0.2, 0.25) is 5.91 Å². The first-order valence-corrected chi connectivity index (χ1v) is 8.39. The summed E-state index contributed by atoms with van der Waals surface area (Å²) in [5, 5.41) is 5.54. The molecule has 1 unspecified atom stereocenters. The molecule has 0 radical (unpaired) electrons. The molecule has 2 N–H and O–H groups in total. The molecular formula is C20H25N3O2. The number of nitrogens with zero attached hydrogens (tertiary/aromatic N) is 1. The van der Waals surface area contributed by atoms with Gasteiger partial charge >= 0.3 is 6.03 Å². The Morgan fingerprint density at radius 1 is 0.960 bits per heavy atom. The van der Waals surface area contributed by atoms with Crippen LogP contribution >= 0.6 is 0 Å². The highest BCUT2D eigenvalue weighted by Gasteiger charge is 2.27. The molecule has 0 aliphatic carbocycles. The fourth-order valence-corrected chi connectivity index (χ4v) is 2.52. The van der Waals surface area contributed by atoms with Crippen LogP contribution < -0.4 is 10.6 Å². The summed E-state index contributed by atoms with van der Waals surface area (Å²) in [5.41, 5.74) is 1.74. The predicted molar refractivity (Wildman–Crippen MR) is 100 cm³/mol. The second-order valence-corrected chi connectivity index (χ2v) is 6.37. The molecule has 1 atom stereocenters. The fraction of sp³-hybridized carbons (Fsp3) is 0.300. The van der Waals surface area contributed by atoms with Crippen molar-refractivity contribution >= 4 is 17.6 Å². The third kappa shape index (κ3) is 5.64. The molecule has 3 amide bonds. The lowest BCUT2D eigenvalue weighted by Crippen LogP contribution is -2.51. The van der Waals surface area contributed by atoms with E-state index >= 15 is 0 Å². The average Bonchev–Trinajstić information content (AvgIpc) is 2.60. The van der Waals surface area contributed by atoms with E-state index in [1.165, 1.54) is 0 Å². The van der Waals surface area contributed by atoms with E-state index in [0.717, 1.165) is 5.56 Å². The number of carbonyl (C=O) groups excluding carboxylic acids is 2. The van der Waals surface area contributed by atoms with Gasteiger partial charge in [0.05, 0.1) is 0 Å². The summed E-state index contributed by atoms with van der Waals surface area (Å²) < 4.78 is 0. The number of urea groups is 1. The number of nitrogens with one attached hydrogen (secondary N) is 2. The summed E-state index contributed by atoms with van der Waals surface area (Å²) in [6.45, 7) is 4.34. The van der Waals surface area contributed by atoms with E-state index in [-0.39, 0.29) is 17.9 Å². The van der Waals surface area contributed by atoms with Crippen molar-refractivity contribution in [3.63, 3.8) is 0 Å². The highest BCUT2D eigenvalue weighted by atomic mass is 16.2. The number of benzene rings is 2. The monoisotopic (exact) mass is 339 g/mol. The topological polar surface area (TPSA) is 61.4 Å². The van der Waals surface area contributed by atoms with Crippen molar-refractivity contribution in [2.75, 3.05) is 12.4 Å². The zero-order chi connectivity index (χ0) is 18.2. The Balaban J connectivity index is 1.98. The molecule has 0 bridgehead atoms. The molecular weight excluding hydrogens is 314 g/mol. The molecule has 2 aromatic rings. The first-order chi connectivity index (χ1) is 12.0. The highest BCUT2D eigenvalue weighted by Crippen LogP contribution is 2.10. The van der Waals surface area contributed by atoms with Crippen LogP contribution in [0, 0.1) is 5.92 Å². The molecule has 132 valence electrons. The molecule has 0 spiro atoms. The lowest BCUT2D eigenvalue weighted by atomic mass is 10.0. The summed E-state index contributed by atoms with van der Waals surface area (Å²) >= 11 is 0. The van der Waals surface area contributed by atoms with Crippen LogP contribution in [-0.4, -0.2) is 29.9 Å². The molecule has 0 aliphatic rings. The van der Waals surface area contributed by atoms with E-state index in [2.05, 4.69) is 10.6 Å². The van der Waals surface area contributed by atoms with Crippen molar-refractivity contribution in [1.82, 2.24) is 10.2 Å². The van der Waals surface area contributed by atoms with Gasteiger partial charge in [0.15, 0.2) is 0 Å². The van der Waals surface area contributed by atoms with E-state index in [9.17, 15) is 9.59 Å². The molecule has 0 heterocycles. The minimum Gasteiger partial charge on any atom is -0.340 e. The zero-order valence-electron chi connectivity index (χ0n) is 14.9. The maximum atomic E-state index is 12.8. The van der Waals surface area contributed by atoms with Crippen LogP contribution in [0.15, 0.2) is 60.7 Å². The minimum absolute atomic E-state index is 0.0211. The van der Waals surface area contributed by atoms with Crippen molar-refractivity contribution in [2.24, 2.45) is 5.92 Å². The van der Waals surface area contributed by atoms with Crippen LogP contribution in [0.1, 0.15) is 19.4 Å². The van der Waals surface area contributed by atoms with Gasteiger partial charge < -0.3 is 15.5 Å². The maximum absolute atomic E-state index is 12.8. The van der Waals surface area contributed by atoms with Gasteiger partial charge in [-0.05, 0) is 23.6 Å². The molecule has 5 nitrogen and oxygen atoms in total. The summed E-state index contributed by atoms with van der Waals surface area (Å²) in [6, 6.07) is 18.0. The number of hydrogen-bond donors (Lipinski definition) is 2. The molecule has 2 aromatic carbocycles. The van der Waals surface area contributed by atoms with Gasteiger partial charge in [0.25, 0.3) is 0 Å². The van der Waals surface area contributed by atoms with Crippen LogP contribution in [-0.2, 0) is 11.3 Å². The lowest BCUT2D eigenvalue weighted by Gasteiger charge is -2.27. The third-order valence-corrected chi connectivity index (χ3v) is 3.89. The Morgan fingerprint density at radius 3 is 2.08 bits per heavy atom. The van der Waals surface area contributed by atoms with Crippen LogP contribution in [0.3, 0.4) is 0 Å². The largest absolute Gasteiger partial charge is 0.340 e. The van der Waals surface area contributed by atoms with Crippen molar-refractivity contribution < 1.29 is 9.59 Å². The van der Waals surface area contributed by atoms with E-state index in [0.29, 0.717) is 12.2 Å². The van der Waals surface area contributed by atoms with Crippen LogP contribution in [0.4, 0.5) is 10.5 Å². The SMILES string of the molecule is CC(C)C(NC(=O)Nc1ccccc1)C(=O)N(C)Cc1ccccc1. The van der Waals surface area contributed by atoms with Gasteiger partial charge in [-0.2, -0.15) is 0 Å². The first kappa shape index (κ1) is 18.5. The molecule has 0 aliphatic heterocycles. The van der Waals surface area contributed by atoms with Gasteiger partial charge in [0.1, 0.15) is 6.04 Å². The second kappa shape index (κ2) is 8.87. The molecule has 25 heavy (non-hydrogen) atoms. The van der Waals surface area contributed by atoms with E-state index in [4.69, 9.17) is 0 Å². The Bertz CT molecular complexity index is 687. The molecule has 2 rings (SSSR count). The number of hydrogen-bond acceptors (Lipinski definition) is 2. The average molecular weight is 339 g/mol. The standard InChI is InChI=1S/C20H25N3O2/c1-15(2)18(22-20(25)21-17-12-8-5-9-13-17)19(24)23(3)14-16-10-6-4-7-11-16/h4-13,15,18H,14H2,1-3H3,(H2,21,22,25). The summed E-state index contributed by atoms with van der Waals surface area (Å²) in [7, 11) is 1.75. The van der Waals surface area contributed by atoms with E-state index in [1.54, 1.807) is 24.1 Å². The van der Waals surface area contributed by atoms with Crippen LogP contribution in [0.5, 0.6) is 0 Å². The highest BCUT2D eigenvalue weighted by molar-refractivity contribution is 5.93. The number of rotatable bonds is 6. The number of carbonyl (C=O) groups is 2. The summed E-state index contributed by atoms with van der Waals surface area (Å²) in [4.78, 5) is 26.6. The maximum Gasteiger partial charge on any atom is 0.319 e. The quantitative estimate of drug-likeness (QED) is 0.846. The lowest BCUT2D eigenvalue weighted by molar-refractivity contribution is -0.133. The predicted octanol–water partition coefficient (Wildman–Crippen LogP) is 3.49. The number of para-hydroxylation sites is 1. The van der Waals surface area contributed by atoms with Crippen molar-refractivity contribution in [3.8, 4) is 0 Å². The third-order valence-electron chi connectivity index (χ3n) is 3.89. The minimum atomic E-state index is -0.586. The van der Waals surface area contributed by atoms with Crippen molar-refractivity contribution in [3.05, 3.63) is 66.2 Å². The second-order valence-electron chi connectivity index (χ2n) is 6.37. The number of anilines is 1. The van der Waals surface area contributed by atoms with Gasteiger partial charge in [-0.15, -0.1) is 0 Å². The summed E-state index contributed by atoms with van der Waals surface area (Å²) in [6.07, 6.45) is 0. The fourth-order valence-electron chi connectivity index (χ4n) is 2.52. The molecule has 0 saturated carbocycles. The number of amides is 3. The Hall–Kier alpha value is -2.82. The Labute approximate surface area is 149 Å². The number of likely N-dealkylation sites (N-methyl/N-ethyl adjacent to an activating group) is 1. The molecule has 5 heteroatoms. The van der Waals surface area contributed by atoms with E-state index in [1.807, 2.05) is 62.4 Å². The van der Waals surface area contributed by atoms with Gasteiger partial charge in [-0.25, -0.2) is 4.79 Å². The van der Waals surface area contributed by atoms with Gasteiger partial charge in [0, 0.05) is 19.3 Å². The Morgan fingerprint density at radius 2 is 1.52 bits per heavy atom.